The number of carbonyl (C=O) groups is 2. The van der Waals surface area contributed by atoms with E-state index < -0.39 is 52.8 Å². The molecule has 3 fully saturated rings. The van der Waals surface area contributed by atoms with Gasteiger partial charge in [-0.05, 0) is 38.7 Å². The maximum atomic E-state index is 12.9. The SMILES string of the molecule is C/C1=C\C(=O)OC[C@]23CCC(CO)=C[C@H]2O[C@@H]2C[C@@H](OC(=O)/C=C/C=C/[C@H]([C@@H](C)O)OCC1)[C@@]3(C)[C@@]21CO1. The zero-order valence-electron chi connectivity index (χ0n) is 22.3. The molecule has 2 spiro atoms. The number of hydrogen-bond donors (Lipinski definition) is 2. The van der Waals surface area contributed by atoms with Gasteiger partial charge in [-0.2, -0.15) is 0 Å². The van der Waals surface area contributed by atoms with Crippen LogP contribution in [0.2, 0.25) is 0 Å². The number of esters is 2. The molecule has 38 heavy (non-hydrogen) atoms. The summed E-state index contributed by atoms with van der Waals surface area (Å²) in [6.07, 6.45) is 9.34. The van der Waals surface area contributed by atoms with Crippen molar-refractivity contribution in [2.45, 2.75) is 82.6 Å². The van der Waals surface area contributed by atoms with E-state index in [4.69, 9.17) is 23.7 Å². The van der Waals surface area contributed by atoms with E-state index in [1.165, 1.54) is 12.2 Å². The van der Waals surface area contributed by atoms with Crippen LogP contribution in [0, 0.1) is 10.8 Å². The van der Waals surface area contributed by atoms with Crippen molar-refractivity contribution in [2.24, 2.45) is 10.8 Å². The van der Waals surface area contributed by atoms with Gasteiger partial charge in [-0.15, -0.1) is 0 Å². The smallest absolute Gasteiger partial charge is 0.331 e. The first-order valence-corrected chi connectivity index (χ1v) is 13.4. The highest BCUT2D eigenvalue weighted by atomic mass is 16.6. The van der Waals surface area contributed by atoms with Gasteiger partial charge in [0.2, 0.25) is 0 Å². The van der Waals surface area contributed by atoms with Crippen molar-refractivity contribution in [3.63, 3.8) is 0 Å². The minimum absolute atomic E-state index is 0.0601. The Hall–Kier alpha value is -2.30. The van der Waals surface area contributed by atoms with Gasteiger partial charge >= 0.3 is 11.9 Å². The van der Waals surface area contributed by atoms with E-state index in [0.717, 1.165) is 11.1 Å². The van der Waals surface area contributed by atoms with Crippen molar-refractivity contribution in [1.82, 2.24) is 0 Å². The van der Waals surface area contributed by atoms with Gasteiger partial charge in [-0.25, -0.2) is 9.59 Å². The quantitative estimate of drug-likeness (QED) is 0.314. The van der Waals surface area contributed by atoms with Crippen LogP contribution in [0.4, 0.5) is 0 Å². The van der Waals surface area contributed by atoms with E-state index in [9.17, 15) is 19.8 Å². The molecule has 3 aliphatic heterocycles. The number of rotatable bonds is 2. The molecular weight excluding hydrogens is 492 g/mol. The van der Waals surface area contributed by atoms with Crippen LogP contribution < -0.4 is 0 Å². The van der Waals surface area contributed by atoms with Gasteiger partial charge < -0.3 is 33.9 Å². The van der Waals surface area contributed by atoms with E-state index in [2.05, 4.69) is 6.92 Å². The van der Waals surface area contributed by atoms with Gasteiger partial charge in [0.05, 0.1) is 43.5 Å². The average molecular weight is 531 g/mol. The zero-order valence-corrected chi connectivity index (χ0v) is 22.3. The summed E-state index contributed by atoms with van der Waals surface area (Å²) in [6, 6.07) is 0. The molecule has 208 valence electrons. The maximum absolute atomic E-state index is 12.9. The van der Waals surface area contributed by atoms with Gasteiger partial charge in [0.1, 0.15) is 24.4 Å². The third-order valence-electron chi connectivity index (χ3n) is 9.32. The highest BCUT2D eigenvalue weighted by molar-refractivity contribution is 5.83. The van der Waals surface area contributed by atoms with Crippen LogP contribution >= 0.6 is 0 Å². The van der Waals surface area contributed by atoms with Gasteiger partial charge in [0.25, 0.3) is 0 Å². The average Bonchev–Trinajstić information content (AvgIpc) is 3.66. The van der Waals surface area contributed by atoms with Gasteiger partial charge in [0.15, 0.2) is 0 Å². The van der Waals surface area contributed by atoms with Crippen LogP contribution in [0.25, 0.3) is 0 Å². The van der Waals surface area contributed by atoms with E-state index >= 15 is 0 Å². The van der Waals surface area contributed by atoms with E-state index in [1.54, 1.807) is 25.2 Å². The fourth-order valence-corrected chi connectivity index (χ4v) is 6.90. The molecule has 9 nitrogen and oxygen atoms in total. The van der Waals surface area contributed by atoms with Crippen molar-refractivity contribution >= 4 is 11.9 Å². The summed E-state index contributed by atoms with van der Waals surface area (Å²) in [6.45, 7) is 6.34. The lowest BCUT2D eigenvalue weighted by atomic mass is 9.51. The van der Waals surface area contributed by atoms with Crippen LogP contribution in [0.3, 0.4) is 0 Å². The van der Waals surface area contributed by atoms with Crippen LogP contribution in [0.5, 0.6) is 0 Å². The number of hydrogen-bond acceptors (Lipinski definition) is 9. The Morgan fingerprint density at radius 1 is 1.13 bits per heavy atom. The summed E-state index contributed by atoms with van der Waals surface area (Å²) >= 11 is 0. The predicted molar refractivity (Wildman–Crippen MR) is 136 cm³/mol. The van der Waals surface area contributed by atoms with Crippen LogP contribution in [-0.4, -0.2) is 84.7 Å². The third-order valence-corrected chi connectivity index (χ3v) is 9.32. The van der Waals surface area contributed by atoms with Crippen LogP contribution in [0.1, 0.15) is 46.5 Å². The molecule has 9 heteroatoms. The Labute approximate surface area is 223 Å². The first-order valence-electron chi connectivity index (χ1n) is 13.4. The Kier molecular flexibility index (Phi) is 7.43. The molecule has 1 saturated carbocycles. The molecule has 0 aromatic carbocycles. The predicted octanol–water partition coefficient (Wildman–Crippen LogP) is 2.32. The molecule has 3 heterocycles. The number of cyclic esters (lactones) is 1. The molecule has 2 N–H and O–H groups in total. The Bertz CT molecular complexity index is 1070. The van der Waals surface area contributed by atoms with E-state index in [0.29, 0.717) is 38.9 Å². The fraction of sp³-hybridized carbons (Fsp3) is 0.655. The fourth-order valence-electron chi connectivity index (χ4n) is 6.90. The number of aliphatic hydroxyl groups excluding tert-OH is 2. The number of ether oxygens (including phenoxy) is 5. The summed E-state index contributed by atoms with van der Waals surface area (Å²) in [5.41, 5.74) is -0.328. The minimum atomic E-state index is -0.751. The molecular formula is C29H38O9. The summed E-state index contributed by atoms with van der Waals surface area (Å²) in [5, 5.41) is 19.9. The first-order chi connectivity index (χ1) is 18.1. The minimum Gasteiger partial charge on any atom is -0.462 e. The van der Waals surface area contributed by atoms with Gasteiger partial charge in [-0.1, -0.05) is 36.8 Å². The summed E-state index contributed by atoms with van der Waals surface area (Å²) in [4.78, 5) is 25.9. The molecule has 2 bridgehead atoms. The molecule has 5 aliphatic rings. The number of epoxide rings is 1. The summed E-state index contributed by atoms with van der Waals surface area (Å²) in [7, 11) is 0. The standard InChI is InChI=1S/C29H38O9/c1-18-9-11-34-21(19(2)31)6-4-5-7-25(32)38-22-14-24-29(17-36-29)27(22,3)28(16-35-26(33)12-18)10-8-20(15-30)13-23(28)37-24/h4-7,12-13,19,21-24,30-31H,8-11,14-17H2,1-3H3/b6-4+,7-5+,18-12+/t19-,21-,22-,23-,24-,27-,28-,29-/m1/s1. The first kappa shape index (κ1) is 27.3. The molecule has 2 aliphatic carbocycles. The van der Waals surface area contributed by atoms with Crippen LogP contribution in [-0.2, 0) is 33.3 Å². The summed E-state index contributed by atoms with van der Waals surface area (Å²) < 4.78 is 30.4. The van der Waals surface area contributed by atoms with Gasteiger partial charge in [0, 0.05) is 24.0 Å². The zero-order chi connectivity index (χ0) is 27.1. The second-order valence-electron chi connectivity index (χ2n) is 11.4. The number of aliphatic hydroxyl groups is 2. The lowest BCUT2D eigenvalue weighted by Crippen LogP contribution is -2.66. The van der Waals surface area contributed by atoms with Crippen molar-refractivity contribution in [3.05, 3.63) is 47.6 Å². The maximum Gasteiger partial charge on any atom is 0.331 e. The molecule has 8 atom stereocenters. The number of carbonyl (C=O) groups excluding carboxylic acids is 2. The molecule has 0 aromatic heterocycles. The molecule has 0 aromatic rings. The van der Waals surface area contributed by atoms with Crippen LogP contribution in [0.15, 0.2) is 47.6 Å². The van der Waals surface area contributed by atoms with E-state index in [1.807, 2.05) is 13.0 Å². The molecule has 0 radical (unpaired) electrons. The molecule has 0 unspecified atom stereocenters. The van der Waals surface area contributed by atoms with Gasteiger partial charge in [-0.3, -0.25) is 0 Å². The monoisotopic (exact) mass is 530 g/mol. The lowest BCUT2D eigenvalue weighted by Gasteiger charge is -2.58. The molecule has 0 amide bonds. The topological polar surface area (TPSA) is 124 Å². The number of allylic oxidation sites excluding steroid dienone is 2. The van der Waals surface area contributed by atoms with Crippen molar-refractivity contribution in [3.8, 4) is 0 Å². The van der Waals surface area contributed by atoms with Crippen molar-refractivity contribution < 1.29 is 43.5 Å². The highest BCUT2D eigenvalue weighted by Gasteiger charge is 2.83. The third kappa shape index (κ3) is 4.48. The molecule has 5 rings (SSSR count). The van der Waals surface area contributed by atoms with E-state index in [-0.39, 0.29) is 19.3 Å². The lowest BCUT2D eigenvalue weighted by molar-refractivity contribution is -0.232. The normalized spacial score (nSPS) is 45.3. The highest BCUT2D eigenvalue weighted by Crippen LogP contribution is 2.72. The molecule has 2 saturated heterocycles. The Morgan fingerprint density at radius 3 is 2.63 bits per heavy atom. The van der Waals surface area contributed by atoms with Crippen molar-refractivity contribution in [2.75, 3.05) is 26.4 Å². The Morgan fingerprint density at radius 2 is 1.92 bits per heavy atom. The second-order valence-corrected chi connectivity index (χ2v) is 11.4. The Balaban J connectivity index is 1.52. The summed E-state index contributed by atoms with van der Waals surface area (Å²) in [5.74, 6) is -0.962. The second kappa shape index (κ2) is 10.4. The largest absolute Gasteiger partial charge is 0.462 e. The van der Waals surface area contributed by atoms with Crippen molar-refractivity contribution in [1.29, 1.82) is 0 Å².